The van der Waals surface area contributed by atoms with Gasteiger partial charge in [0.1, 0.15) is 0 Å². The van der Waals surface area contributed by atoms with Gasteiger partial charge in [-0.25, -0.2) is 0 Å². The molecule has 0 aromatic heterocycles. The topological polar surface area (TPSA) is 113 Å². The van der Waals surface area contributed by atoms with Crippen LogP contribution in [0.3, 0.4) is 0 Å². The molecule has 9 heteroatoms. The highest BCUT2D eigenvalue weighted by Gasteiger charge is 2.10. The van der Waals surface area contributed by atoms with Crippen LogP contribution in [0.5, 0.6) is 0 Å². The number of hydrogen-bond acceptors (Lipinski definition) is 5. The van der Waals surface area contributed by atoms with E-state index in [0.29, 0.717) is 0 Å². The Balaban J connectivity index is 1.80. The molecule has 2 rings (SSSR count). The van der Waals surface area contributed by atoms with Crippen LogP contribution in [0.4, 0.5) is 5.69 Å². The molecule has 0 saturated heterocycles. The van der Waals surface area contributed by atoms with Gasteiger partial charge in [0.05, 0.1) is 4.92 Å². The van der Waals surface area contributed by atoms with Crippen LogP contribution in [0.15, 0.2) is 54.6 Å². The lowest BCUT2D eigenvalue weighted by Crippen LogP contribution is -2.48. The number of non-ortho nitro benzene ring substituents is 1. The number of aryl methyl sites for hydroxylation is 1. The summed E-state index contributed by atoms with van der Waals surface area (Å²) in [5.41, 5.74) is 6.73. The van der Waals surface area contributed by atoms with E-state index in [0.717, 1.165) is 11.1 Å². The maximum Gasteiger partial charge on any atom is 0.269 e. The third-order valence-electron chi connectivity index (χ3n) is 3.37. The van der Waals surface area contributed by atoms with E-state index in [1.807, 2.05) is 31.2 Å². The van der Waals surface area contributed by atoms with Crippen LogP contribution < -0.4 is 16.2 Å². The molecule has 0 aliphatic rings. The zero-order valence-electron chi connectivity index (χ0n) is 14.3. The summed E-state index contributed by atoms with van der Waals surface area (Å²) in [5.74, 6) is -1.02. The summed E-state index contributed by atoms with van der Waals surface area (Å²) in [6, 6.07) is 12.6. The molecule has 3 N–H and O–H groups in total. The second-order valence-corrected chi connectivity index (χ2v) is 5.85. The molecule has 0 bridgehead atoms. The summed E-state index contributed by atoms with van der Waals surface area (Å²) >= 11 is 4.92. The van der Waals surface area contributed by atoms with Crippen molar-refractivity contribution in [3.63, 3.8) is 0 Å². The molecule has 2 aromatic rings. The second-order valence-electron chi connectivity index (χ2n) is 5.45. The number of rotatable bonds is 4. The maximum absolute atomic E-state index is 11.9. The summed E-state index contributed by atoms with van der Waals surface area (Å²) in [4.78, 5) is 33.8. The molecule has 27 heavy (non-hydrogen) atoms. The molecule has 0 atom stereocenters. The van der Waals surface area contributed by atoms with E-state index in [-0.39, 0.29) is 16.4 Å². The smallest absolute Gasteiger partial charge is 0.269 e. The Morgan fingerprint density at radius 2 is 1.67 bits per heavy atom. The first-order valence-electron chi connectivity index (χ1n) is 7.75. The second kappa shape index (κ2) is 9.20. The molecule has 0 spiro atoms. The Hall–Kier alpha value is -3.59. The first-order valence-corrected chi connectivity index (χ1v) is 8.16. The van der Waals surface area contributed by atoms with Gasteiger partial charge in [-0.1, -0.05) is 29.8 Å². The van der Waals surface area contributed by atoms with Crippen LogP contribution >= 0.6 is 12.2 Å². The van der Waals surface area contributed by atoms with E-state index in [2.05, 4.69) is 16.2 Å². The molecule has 2 aromatic carbocycles. The van der Waals surface area contributed by atoms with E-state index < -0.39 is 16.7 Å². The summed E-state index contributed by atoms with van der Waals surface area (Å²) in [7, 11) is 0. The zero-order valence-corrected chi connectivity index (χ0v) is 15.1. The molecule has 2 amide bonds. The average molecular weight is 384 g/mol. The van der Waals surface area contributed by atoms with E-state index in [4.69, 9.17) is 12.2 Å². The predicted octanol–water partition coefficient (Wildman–Crippen LogP) is 2.25. The van der Waals surface area contributed by atoms with Gasteiger partial charge in [0.2, 0.25) is 5.91 Å². The maximum atomic E-state index is 11.9. The normalized spacial score (nSPS) is 10.3. The summed E-state index contributed by atoms with van der Waals surface area (Å²) in [6.07, 6.45) is 2.95. The minimum atomic E-state index is -0.561. The van der Waals surface area contributed by atoms with Crippen molar-refractivity contribution in [2.24, 2.45) is 0 Å². The van der Waals surface area contributed by atoms with Gasteiger partial charge in [-0.15, -0.1) is 0 Å². The molecule has 0 saturated carbocycles. The fourth-order valence-electron chi connectivity index (χ4n) is 1.95. The number of nitrogens with zero attached hydrogens (tertiary/aromatic N) is 1. The Bertz CT molecular complexity index is 893. The highest BCUT2D eigenvalue weighted by atomic mass is 32.1. The highest BCUT2D eigenvalue weighted by molar-refractivity contribution is 7.80. The van der Waals surface area contributed by atoms with Gasteiger partial charge >= 0.3 is 0 Å². The number of hydrogen-bond donors (Lipinski definition) is 3. The zero-order chi connectivity index (χ0) is 19.8. The molecular formula is C18H16N4O4S. The summed E-state index contributed by atoms with van der Waals surface area (Å²) < 4.78 is 0. The van der Waals surface area contributed by atoms with Gasteiger partial charge in [0.25, 0.3) is 11.6 Å². The molecule has 0 radical (unpaired) electrons. The van der Waals surface area contributed by atoms with Crippen molar-refractivity contribution in [3.05, 3.63) is 81.4 Å². The fraction of sp³-hybridized carbons (Fsp3) is 0.0556. The molecule has 0 aliphatic carbocycles. The van der Waals surface area contributed by atoms with Gasteiger partial charge in [0, 0.05) is 23.8 Å². The van der Waals surface area contributed by atoms with Gasteiger partial charge in [-0.05, 0) is 42.9 Å². The van der Waals surface area contributed by atoms with Gasteiger partial charge < -0.3 is 0 Å². The molecule has 8 nitrogen and oxygen atoms in total. The molecule has 0 fully saturated rings. The Morgan fingerprint density at radius 3 is 2.26 bits per heavy atom. The van der Waals surface area contributed by atoms with E-state index in [9.17, 15) is 19.7 Å². The standard InChI is InChI=1S/C18H16N4O4S/c1-12-2-4-13(5-3-12)6-11-16(23)19-18(27)21-20-17(24)14-7-9-15(10-8-14)22(25)26/h2-11H,1H3,(H,20,24)(H2,19,21,23,27). The van der Waals surface area contributed by atoms with Crippen molar-refractivity contribution < 1.29 is 14.5 Å². The van der Waals surface area contributed by atoms with Crippen LogP contribution in [0.2, 0.25) is 0 Å². The van der Waals surface area contributed by atoms with Crippen molar-refractivity contribution in [1.29, 1.82) is 0 Å². The van der Waals surface area contributed by atoms with Gasteiger partial charge in [-0.3, -0.25) is 35.9 Å². The molecule has 0 heterocycles. The lowest BCUT2D eigenvalue weighted by Gasteiger charge is -2.09. The molecule has 0 unspecified atom stereocenters. The molecule has 138 valence electrons. The Labute approximate surface area is 160 Å². The first-order chi connectivity index (χ1) is 12.8. The Morgan fingerprint density at radius 1 is 1.04 bits per heavy atom. The number of carbonyl (C=O) groups excluding carboxylic acids is 2. The van der Waals surface area contributed by atoms with Crippen LogP contribution in [-0.2, 0) is 4.79 Å². The number of nitro groups is 1. The molecular weight excluding hydrogens is 368 g/mol. The van der Waals surface area contributed by atoms with E-state index in [1.54, 1.807) is 6.08 Å². The minimum Gasteiger partial charge on any atom is -0.298 e. The van der Waals surface area contributed by atoms with Crippen LogP contribution in [-0.4, -0.2) is 21.9 Å². The van der Waals surface area contributed by atoms with Gasteiger partial charge in [-0.2, -0.15) is 0 Å². The van der Waals surface area contributed by atoms with Crippen LogP contribution in [0.25, 0.3) is 6.08 Å². The van der Waals surface area contributed by atoms with Crippen LogP contribution in [0.1, 0.15) is 21.5 Å². The third kappa shape index (κ3) is 6.33. The lowest BCUT2D eigenvalue weighted by atomic mass is 10.1. The number of benzene rings is 2. The van der Waals surface area contributed by atoms with Crippen LogP contribution in [0, 0.1) is 17.0 Å². The third-order valence-corrected chi connectivity index (χ3v) is 3.58. The van der Waals surface area contributed by atoms with Crippen molar-refractivity contribution in [2.45, 2.75) is 6.92 Å². The summed E-state index contributed by atoms with van der Waals surface area (Å²) in [6.45, 7) is 1.97. The average Bonchev–Trinajstić information content (AvgIpc) is 2.65. The number of nitro benzene ring substituents is 1. The minimum absolute atomic E-state index is 0.0937. The van der Waals surface area contributed by atoms with Crippen molar-refractivity contribution >= 4 is 40.9 Å². The number of carbonyl (C=O) groups is 2. The fourth-order valence-corrected chi connectivity index (χ4v) is 2.11. The lowest BCUT2D eigenvalue weighted by molar-refractivity contribution is -0.384. The SMILES string of the molecule is Cc1ccc(C=CC(=O)NC(=S)NNC(=O)c2ccc([N+](=O)[O-])cc2)cc1. The first kappa shape index (κ1) is 19.7. The highest BCUT2D eigenvalue weighted by Crippen LogP contribution is 2.11. The Kier molecular flexibility index (Phi) is 6.73. The number of thiocarbonyl (C=S) groups is 1. The number of amides is 2. The summed E-state index contributed by atoms with van der Waals surface area (Å²) in [5, 5.41) is 12.9. The van der Waals surface area contributed by atoms with Crippen molar-refractivity contribution in [2.75, 3.05) is 0 Å². The van der Waals surface area contributed by atoms with Crippen molar-refractivity contribution in [1.82, 2.24) is 16.2 Å². The van der Waals surface area contributed by atoms with E-state index >= 15 is 0 Å². The van der Waals surface area contributed by atoms with Crippen molar-refractivity contribution in [3.8, 4) is 0 Å². The largest absolute Gasteiger partial charge is 0.298 e. The number of nitrogens with one attached hydrogen (secondary N) is 3. The number of hydrazine groups is 1. The quantitative estimate of drug-likeness (QED) is 0.322. The molecule has 0 aliphatic heterocycles. The monoisotopic (exact) mass is 384 g/mol. The predicted molar refractivity (Wildman–Crippen MR) is 105 cm³/mol. The van der Waals surface area contributed by atoms with Gasteiger partial charge in [0.15, 0.2) is 5.11 Å². The van der Waals surface area contributed by atoms with E-state index in [1.165, 1.54) is 30.3 Å².